The number of aliphatic hydroxyl groups excluding tert-OH is 1. The molecule has 0 heterocycles. The van der Waals surface area contributed by atoms with E-state index in [4.69, 9.17) is 37.0 Å². The third-order valence-corrected chi connectivity index (χ3v) is 25.0. The highest BCUT2D eigenvalue weighted by molar-refractivity contribution is 7.47. The summed E-state index contributed by atoms with van der Waals surface area (Å²) >= 11 is 0. The normalized spacial score (nSPS) is 13.8. The summed E-state index contributed by atoms with van der Waals surface area (Å²) < 4.78 is 69.2. The molecule has 0 aromatic carbocycles. The first-order valence-corrected chi connectivity index (χ1v) is 52.7. The molecule has 684 valence electrons. The van der Waals surface area contributed by atoms with Gasteiger partial charge in [0, 0.05) is 25.7 Å². The largest absolute Gasteiger partial charge is 0.472 e. The molecule has 0 aliphatic rings. The topological polar surface area (TPSA) is 237 Å². The van der Waals surface area contributed by atoms with Crippen molar-refractivity contribution in [2.45, 2.75) is 547 Å². The molecular formula is C96H188O17P2. The molecule has 0 fully saturated rings. The van der Waals surface area contributed by atoms with Crippen LogP contribution in [0.3, 0.4) is 0 Å². The van der Waals surface area contributed by atoms with Crippen LogP contribution in [0.25, 0.3) is 0 Å². The summed E-state index contributed by atoms with van der Waals surface area (Å²) in [5, 5.41) is 10.7. The number of hydrogen-bond donors (Lipinski definition) is 3. The van der Waals surface area contributed by atoms with E-state index in [1.54, 1.807) is 0 Å². The molecule has 0 bridgehead atoms. The van der Waals surface area contributed by atoms with E-state index in [1.807, 2.05) is 0 Å². The first-order chi connectivity index (χ1) is 56.1. The number of carbonyl (C=O) groups is 4. The second kappa shape index (κ2) is 88.4. The molecule has 3 N–H and O–H groups in total. The van der Waals surface area contributed by atoms with E-state index >= 15 is 0 Å². The highest BCUT2D eigenvalue weighted by Crippen LogP contribution is 2.45. The number of unbranched alkanes of at least 4 members (excludes halogenated alkanes) is 67. The minimum absolute atomic E-state index is 0.110. The Bertz CT molecular complexity index is 2170. The van der Waals surface area contributed by atoms with Gasteiger partial charge in [-0.3, -0.25) is 37.3 Å². The molecule has 0 saturated heterocycles. The van der Waals surface area contributed by atoms with Gasteiger partial charge in [0.2, 0.25) is 0 Å². The van der Waals surface area contributed by atoms with Crippen LogP contribution in [0, 0.1) is 5.92 Å². The van der Waals surface area contributed by atoms with E-state index in [2.05, 4.69) is 34.6 Å². The number of carbonyl (C=O) groups excluding carboxylic acids is 4. The lowest BCUT2D eigenvalue weighted by atomic mass is 9.99. The lowest BCUT2D eigenvalue weighted by Crippen LogP contribution is -2.30. The molecule has 0 aromatic rings. The number of ether oxygens (including phenoxy) is 4. The van der Waals surface area contributed by atoms with Crippen molar-refractivity contribution in [3.8, 4) is 0 Å². The Balaban J connectivity index is 5.23. The Labute approximate surface area is 708 Å². The van der Waals surface area contributed by atoms with Crippen LogP contribution in [0.4, 0.5) is 0 Å². The van der Waals surface area contributed by atoms with E-state index in [1.165, 1.54) is 353 Å². The van der Waals surface area contributed by atoms with Gasteiger partial charge in [0.05, 0.1) is 26.4 Å². The first-order valence-electron chi connectivity index (χ1n) is 49.7. The first kappa shape index (κ1) is 113. The van der Waals surface area contributed by atoms with E-state index in [9.17, 15) is 43.2 Å². The van der Waals surface area contributed by atoms with Crippen molar-refractivity contribution in [2.24, 2.45) is 5.92 Å². The summed E-state index contributed by atoms with van der Waals surface area (Å²) in [7, 11) is -9.94. The van der Waals surface area contributed by atoms with Crippen LogP contribution < -0.4 is 0 Å². The number of rotatable bonds is 96. The van der Waals surface area contributed by atoms with Crippen LogP contribution in [0.2, 0.25) is 0 Å². The summed E-state index contributed by atoms with van der Waals surface area (Å²) in [6.07, 6.45) is 86.2. The molecule has 115 heavy (non-hydrogen) atoms. The summed E-state index contributed by atoms with van der Waals surface area (Å²) in [6.45, 7) is 7.49. The average molecular weight is 1680 g/mol. The van der Waals surface area contributed by atoms with Gasteiger partial charge in [-0.2, -0.15) is 0 Å². The lowest BCUT2D eigenvalue weighted by molar-refractivity contribution is -0.161. The number of aliphatic hydroxyl groups is 1. The fraction of sp³-hybridized carbons (Fsp3) is 0.958. The van der Waals surface area contributed by atoms with Crippen LogP contribution in [0.5, 0.6) is 0 Å². The van der Waals surface area contributed by atoms with E-state index in [-0.39, 0.29) is 25.7 Å². The Morgan fingerprint density at radius 3 is 0.617 bits per heavy atom. The molecular weight excluding hydrogens is 1490 g/mol. The van der Waals surface area contributed by atoms with Gasteiger partial charge in [-0.05, 0) is 31.6 Å². The summed E-state index contributed by atoms with van der Waals surface area (Å²) in [5.41, 5.74) is 0. The maximum Gasteiger partial charge on any atom is 0.472 e. The molecule has 0 rings (SSSR count). The maximum atomic E-state index is 13.2. The monoisotopic (exact) mass is 1680 g/mol. The van der Waals surface area contributed by atoms with Gasteiger partial charge in [0.15, 0.2) is 12.2 Å². The second-order valence-corrected chi connectivity index (χ2v) is 37.6. The van der Waals surface area contributed by atoms with Gasteiger partial charge in [-0.25, -0.2) is 9.13 Å². The molecule has 0 amide bonds. The Hall–Kier alpha value is -1.94. The molecule has 6 atom stereocenters. The standard InChI is InChI=1S/C96H188O17P2/c1-6-10-13-16-19-22-25-28-30-32-34-35-36-38-42-46-50-55-60-65-70-75-80-94(99)107-86-92(113-96(101)82-77-72-67-62-57-52-48-44-40-39-41-45-49-53-58-63-68-73-78-89(5)9-4)88-111-115(104,105)109-84-90(97)83-108-114(102,103)110-87-91(85-106-93(98)79-74-69-64-59-54-27-24-21-18-15-12-8-3)112-95(100)81-76-71-66-61-56-51-47-43-37-33-31-29-26-23-20-17-14-11-7-2/h89-92,97H,6-88H2,1-5H3,(H,102,103)(H,104,105)/t89?,90-,91+,92+/m0/s1. The third-order valence-electron chi connectivity index (χ3n) is 23.1. The molecule has 0 aromatic heterocycles. The lowest BCUT2D eigenvalue weighted by Gasteiger charge is -2.21. The number of phosphoric ester groups is 2. The van der Waals surface area contributed by atoms with Crippen LogP contribution in [-0.4, -0.2) is 96.7 Å². The van der Waals surface area contributed by atoms with E-state index < -0.39 is 97.5 Å². The van der Waals surface area contributed by atoms with Crippen LogP contribution in [-0.2, 0) is 65.4 Å². The Morgan fingerprint density at radius 1 is 0.243 bits per heavy atom. The SMILES string of the molecule is CCCCCCCCCCCCCCCCCCCCCCCCC(=O)OC[C@H](COP(=O)(O)OC[C@@H](O)COP(=O)(O)OC[C@@H](COC(=O)CCCCCCCCCCCCCC)OC(=O)CCCCCCCCCCCCCCCCCCCCC)OC(=O)CCCCCCCCCCCCCCCCCCCCC(C)CC. The molecule has 17 nitrogen and oxygen atoms in total. The predicted octanol–water partition coefficient (Wildman–Crippen LogP) is 30.3. The summed E-state index contributed by atoms with van der Waals surface area (Å²) in [4.78, 5) is 73.6. The van der Waals surface area contributed by atoms with E-state index in [0.717, 1.165) is 95.8 Å². The predicted molar refractivity (Wildman–Crippen MR) is 479 cm³/mol. The van der Waals surface area contributed by atoms with Gasteiger partial charge < -0.3 is 33.8 Å². The molecule has 0 aliphatic heterocycles. The number of esters is 4. The minimum atomic E-state index is -4.97. The fourth-order valence-corrected chi connectivity index (χ4v) is 16.8. The highest BCUT2D eigenvalue weighted by Gasteiger charge is 2.31. The van der Waals surface area contributed by atoms with E-state index in [0.29, 0.717) is 25.7 Å². The smallest absolute Gasteiger partial charge is 0.462 e. The van der Waals surface area contributed by atoms with Crippen LogP contribution >= 0.6 is 15.6 Å². The van der Waals surface area contributed by atoms with Gasteiger partial charge in [0.25, 0.3) is 0 Å². The fourth-order valence-electron chi connectivity index (χ4n) is 15.2. The molecule has 0 aliphatic carbocycles. The second-order valence-electron chi connectivity index (χ2n) is 34.7. The summed E-state index contributed by atoms with van der Waals surface area (Å²) in [6, 6.07) is 0. The van der Waals surface area contributed by atoms with Gasteiger partial charge in [-0.15, -0.1) is 0 Å². The van der Waals surface area contributed by atoms with Crippen LogP contribution in [0.15, 0.2) is 0 Å². The zero-order valence-corrected chi connectivity index (χ0v) is 77.7. The third kappa shape index (κ3) is 88.2. The Kier molecular flexibility index (Phi) is 86.9. The minimum Gasteiger partial charge on any atom is -0.462 e. The van der Waals surface area contributed by atoms with Crippen molar-refractivity contribution < 1.29 is 80.2 Å². The van der Waals surface area contributed by atoms with Crippen molar-refractivity contribution in [3.63, 3.8) is 0 Å². The van der Waals surface area contributed by atoms with Gasteiger partial charge in [0.1, 0.15) is 19.3 Å². The summed E-state index contributed by atoms with van der Waals surface area (Å²) in [5.74, 6) is -1.22. The number of phosphoric acid groups is 2. The van der Waals surface area contributed by atoms with Crippen molar-refractivity contribution in [1.29, 1.82) is 0 Å². The van der Waals surface area contributed by atoms with Gasteiger partial charge >= 0.3 is 39.5 Å². The highest BCUT2D eigenvalue weighted by atomic mass is 31.2. The van der Waals surface area contributed by atoms with Crippen molar-refractivity contribution in [2.75, 3.05) is 39.6 Å². The average Bonchev–Trinajstić information content (AvgIpc) is 0.895. The van der Waals surface area contributed by atoms with Crippen molar-refractivity contribution >= 4 is 39.5 Å². The molecule has 0 spiro atoms. The number of hydrogen-bond acceptors (Lipinski definition) is 15. The molecule has 0 saturated carbocycles. The Morgan fingerprint density at radius 2 is 0.417 bits per heavy atom. The van der Waals surface area contributed by atoms with Crippen molar-refractivity contribution in [3.05, 3.63) is 0 Å². The molecule has 19 heteroatoms. The maximum absolute atomic E-state index is 13.2. The van der Waals surface area contributed by atoms with Crippen LogP contribution in [0.1, 0.15) is 529 Å². The zero-order chi connectivity index (χ0) is 84.0. The van der Waals surface area contributed by atoms with Crippen molar-refractivity contribution in [1.82, 2.24) is 0 Å². The zero-order valence-electron chi connectivity index (χ0n) is 76.0. The molecule has 0 radical (unpaired) electrons. The molecule has 3 unspecified atom stereocenters. The quantitative estimate of drug-likeness (QED) is 0.0222. The van der Waals surface area contributed by atoms with Gasteiger partial charge in [-0.1, -0.05) is 478 Å².